The first-order chi connectivity index (χ1) is 9.60. The van der Waals surface area contributed by atoms with Crippen LogP contribution in [0.1, 0.15) is 41.9 Å². The van der Waals surface area contributed by atoms with Crippen LogP contribution in [0.5, 0.6) is 0 Å². The molecule has 6 heteroatoms. The number of nitrogens with zero attached hydrogens (tertiary/aromatic N) is 3. The number of hydrogen-bond acceptors (Lipinski definition) is 4. The summed E-state index contributed by atoms with van der Waals surface area (Å²) >= 11 is 6.13. The Morgan fingerprint density at radius 2 is 2.20 bits per heavy atom. The zero-order valence-electron chi connectivity index (χ0n) is 11.5. The SMILES string of the molecule is COC1CCC(c2cc(Cl)ccc2C)n2nc(N)nc21. The second-order valence-corrected chi connectivity index (χ2v) is 5.53. The minimum Gasteiger partial charge on any atom is -0.373 e. The minimum atomic E-state index is -0.0458. The fraction of sp³-hybridized carbons (Fsp3) is 0.429. The van der Waals surface area contributed by atoms with Crippen molar-refractivity contribution in [1.82, 2.24) is 14.8 Å². The maximum Gasteiger partial charge on any atom is 0.239 e. The van der Waals surface area contributed by atoms with E-state index in [1.54, 1.807) is 7.11 Å². The van der Waals surface area contributed by atoms with Crippen molar-refractivity contribution in [3.8, 4) is 0 Å². The lowest BCUT2D eigenvalue weighted by atomic mass is 9.93. The number of hydrogen-bond donors (Lipinski definition) is 1. The van der Waals surface area contributed by atoms with Crippen LogP contribution in [-0.4, -0.2) is 21.9 Å². The second kappa shape index (κ2) is 5.07. The van der Waals surface area contributed by atoms with Gasteiger partial charge in [0, 0.05) is 12.1 Å². The van der Waals surface area contributed by atoms with E-state index in [2.05, 4.69) is 17.0 Å². The predicted octanol–water partition coefficient (Wildman–Crippen LogP) is 2.89. The number of benzene rings is 1. The van der Waals surface area contributed by atoms with Gasteiger partial charge in [0.25, 0.3) is 0 Å². The van der Waals surface area contributed by atoms with Crippen LogP contribution in [0.3, 0.4) is 0 Å². The monoisotopic (exact) mass is 292 g/mol. The summed E-state index contributed by atoms with van der Waals surface area (Å²) in [4.78, 5) is 4.30. The molecular formula is C14H17ClN4O. The van der Waals surface area contributed by atoms with Crippen LogP contribution in [-0.2, 0) is 4.74 Å². The van der Waals surface area contributed by atoms with Crippen molar-refractivity contribution in [3.63, 3.8) is 0 Å². The lowest BCUT2D eigenvalue weighted by Crippen LogP contribution is -2.25. The summed E-state index contributed by atoms with van der Waals surface area (Å²) < 4.78 is 7.34. The highest BCUT2D eigenvalue weighted by molar-refractivity contribution is 6.30. The molecule has 2 heterocycles. The van der Waals surface area contributed by atoms with Crippen LogP contribution < -0.4 is 5.73 Å². The molecule has 0 amide bonds. The van der Waals surface area contributed by atoms with Gasteiger partial charge in [-0.3, -0.25) is 0 Å². The number of fused-ring (bicyclic) bond motifs is 1. The summed E-state index contributed by atoms with van der Waals surface area (Å²) in [5, 5.41) is 5.07. The maximum absolute atomic E-state index is 6.13. The largest absolute Gasteiger partial charge is 0.373 e. The van der Waals surface area contributed by atoms with E-state index in [0.717, 1.165) is 23.7 Å². The number of aryl methyl sites for hydroxylation is 1. The van der Waals surface area contributed by atoms with Crippen molar-refractivity contribution in [3.05, 3.63) is 40.2 Å². The van der Waals surface area contributed by atoms with Gasteiger partial charge in [-0.2, -0.15) is 4.98 Å². The molecule has 0 saturated carbocycles. The normalized spacial score (nSPS) is 21.8. The van der Waals surface area contributed by atoms with Crippen molar-refractivity contribution < 1.29 is 4.74 Å². The van der Waals surface area contributed by atoms with Crippen molar-refractivity contribution in [1.29, 1.82) is 0 Å². The summed E-state index contributed by atoms with van der Waals surface area (Å²) in [6.45, 7) is 2.08. The van der Waals surface area contributed by atoms with E-state index in [1.807, 2.05) is 22.9 Å². The Morgan fingerprint density at radius 1 is 1.40 bits per heavy atom. The number of rotatable bonds is 2. The molecule has 0 fully saturated rings. The van der Waals surface area contributed by atoms with Gasteiger partial charge >= 0.3 is 0 Å². The summed E-state index contributed by atoms with van der Waals surface area (Å²) in [7, 11) is 1.69. The molecule has 2 N–H and O–H groups in total. The zero-order valence-corrected chi connectivity index (χ0v) is 12.3. The third-order valence-electron chi connectivity index (χ3n) is 3.84. The van der Waals surface area contributed by atoms with E-state index in [9.17, 15) is 0 Å². The van der Waals surface area contributed by atoms with Gasteiger partial charge in [-0.05, 0) is 43.0 Å². The average molecular weight is 293 g/mol. The Hall–Kier alpha value is -1.59. The van der Waals surface area contributed by atoms with Crippen LogP contribution in [0.15, 0.2) is 18.2 Å². The molecule has 106 valence electrons. The highest BCUT2D eigenvalue weighted by Crippen LogP contribution is 2.38. The third kappa shape index (κ3) is 2.17. The van der Waals surface area contributed by atoms with Crippen molar-refractivity contribution >= 4 is 17.5 Å². The number of aromatic nitrogens is 3. The Morgan fingerprint density at radius 3 is 2.95 bits per heavy atom. The van der Waals surface area contributed by atoms with Crippen molar-refractivity contribution in [2.24, 2.45) is 0 Å². The number of ether oxygens (including phenoxy) is 1. The predicted molar refractivity (Wildman–Crippen MR) is 77.7 cm³/mol. The quantitative estimate of drug-likeness (QED) is 0.924. The Kier molecular flexibility index (Phi) is 3.40. The van der Waals surface area contributed by atoms with Gasteiger partial charge in [0.1, 0.15) is 6.10 Å². The summed E-state index contributed by atoms with van der Waals surface area (Å²) in [6, 6.07) is 6.04. The number of halogens is 1. The molecule has 5 nitrogen and oxygen atoms in total. The molecule has 1 aliphatic rings. The fourth-order valence-corrected chi connectivity index (χ4v) is 3.02. The molecule has 0 spiro atoms. The summed E-state index contributed by atoms with van der Waals surface area (Å²) in [6.07, 6.45) is 1.77. The Bertz CT molecular complexity index is 640. The molecule has 1 aromatic carbocycles. The molecule has 1 aliphatic heterocycles. The van der Waals surface area contributed by atoms with E-state index in [1.165, 1.54) is 11.1 Å². The Balaban J connectivity index is 2.09. The highest BCUT2D eigenvalue weighted by atomic mass is 35.5. The Labute approximate surface area is 122 Å². The first-order valence-electron chi connectivity index (χ1n) is 6.61. The smallest absolute Gasteiger partial charge is 0.239 e. The first kappa shape index (κ1) is 13.4. The van der Waals surface area contributed by atoms with Crippen LogP contribution >= 0.6 is 11.6 Å². The minimum absolute atomic E-state index is 0.0458. The molecule has 2 aromatic rings. The number of methoxy groups -OCH3 is 1. The van der Waals surface area contributed by atoms with Gasteiger partial charge in [-0.25, -0.2) is 4.68 Å². The van der Waals surface area contributed by atoms with Crippen LogP contribution in [0.2, 0.25) is 5.02 Å². The molecule has 20 heavy (non-hydrogen) atoms. The van der Waals surface area contributed by atoms with Crippen LogP contribution in [0.25, 0.3) is 0 Å². The van der Waals surface area contributed by atoms with Gasteiger partial charge < -0.3 is 10.5 Å². The standard InChI is InChI=1S/C14H17ClN4O/c1-8-3-4-9(15)7-10(8)11-5-6-12(20-2)13-17-14(16)18-19(11)13/h3-4,7,11-12H,5-6H2,1-2H3,(H2,16,18). The van der Waals surface area contributed by atoms with Crippen LogP contribution in [0.4, 0.5) is 5.95 Å². The van der Waals surface area contributed by atoms with Gasteiger partial charge in [-0.15, -0.1) is 5.10 Å². The summed E-state index contributed by atoms with van der Waals surface area (Å²) in [5.41, 5.74) is 8.11. The number of anilines is 1. The molecule has 1 aromatic heterocycles. The van der Waals surface area contributed by atoms with Crippen molar-refractivity contribution in [2.45, 2.75) is 31.9 Å². The zero-order chi connectivity index (χ0) is 14.3. The number of nitrogens with two attached hydrogens (primary N) is 1. The molecule has 0 aliphatic carbocycles. The molecule has 0 saturated heterocycles. The molecule has 2 atom stereocenters. The van der Waals surface area contributed by atoms with Crippen molar-refractivity contribution in [2.75, 3.05) is 12.8 Å². The fourth-order valence-electron chi connectivity index (χ4n) is 2.84. The molecule has 3 rings (SSSR count). The van der Waals surface area contributed by atoms with E-state index in [4.69, 9.17) is 22.1 Å². The highest BCUT2D eigenvalue weighted by Gasteiger charge is 2.31. The van der Waals surface area contributed by atoms with E-state index < -0.39 is 0 Å². The molecule has 0 bridgehead atoms. The third-order valence-corrected chi connectivity index (χ3v) is 4.08. The lowest BCUT2D eigenvalue weighted by Gasteiger charge is -2.29. The number of nitrogen functional groups attached to an aromatic ring is 1. The van der Waals surface area contributed by atoms with E-state index >= 15 is 0 Å². The molecule has 0 radical (unpaired) electrons. The second-order valence-electron chi connectivity index (χ2n) is 5.09. The topological polar surface area (TPSA) is 66.0 Å². The average Bonchev–Trinajstić information content (AvgIpc) is 2.82. The van der Waals surface area contributed by atoms with Gasteiger partial charge in [-0.1, -0.05) is 17.7 Å². The first-order valence-corrected chi connectivity index (χ1v) is 6.98. The van der Waals surface area contributed by atoms with Gasteiger partial charge in [0.2, 0.25) is 5.95 Å². The van der Waals surface area contributed by atoms with E-state index in [0.29, 0.717) is 0 Å². The van der Waals surface area contributed by atoms with Gasteiger partial charge in [0.15, 0.2) is 5.82 Å². The molecule has 2 unspecified atom stereocenters. The lowest BCUT2D eigenvalue weighted by molar-refractivity contribution is 0.0648. The maximum atomic E-state index is 6.13. The molecular weight excluding hydrogens is 276 g/mol. The van der Waals surface area contributed by atoms with Gasteiger partial charge in [0.05, 0.1) is 6.04 Å². The van der Waals surface area contributed by atoms with Crippen LogP contribution in [0, 0.1) is 6.92 Å². The van der Waals surface area contributed by atoms with E-state index in [-0.39, 0.29) is 18.1 Å². The summed E-state index contributed by atoms with van der Waals surface area (Å²) in [5.74, 6) is 1.08.